The summed E-state index contributed by atoms with van der Waals surface area (Å²) in [6.45, 7) is 6.20. The second-order valence-electron chi connectivity index (χ2n) is 6.24. The van der Waals surface area contributed by atoms with Gasteiger partial charge >= 0.3 is 7.12 Å². The third-order valence-electron chi connectivity index (χ3n) is 4.98. The highest BCUT2D eigenvalue weighted by Crippen LogP contribution is 2.61. The Morgan fingerprint density at radius 3 is 2.82 bits per heavy atom. The number of carbonyl (C=O) groups is 1. The smallest absolute Gasteiger partial charge is 0.405 e. The van der Waals surface area contributed by atoms with Crippen molar-refractivity contribution in [2.45, 2.75) is 45.8 Å². The van der Waals surface area contributed by atoms with Crippen LogP contribution in [0.15, 0.2) is 0 Å². The zero-order chi connectivity index (χ0) is 12.2. The van der Waals surface area contributed by atoms with Gasteiger partial charge in [-0.25, -0.2) is 0 Å². The summed E-state index contributed by atoms with van der Waals surface area (Å²) in [6.07, 6.45) is 3.37. The Balaban J connectivity index is 1.62. The molecule has 2 bridgehead atoms. The SMILES string of the molecule is CC(=O)NCB1OC2[C@H]3C[C@@H](C[C@H]2O1)C3(C)C. The molecule has 4 aliphatic rings. The minimum Gasteiger partial charge on any atom is -0.405 e. The lowest BCUT2D eigenvalue weighted by atomic mass is 9.47. The first-order valence-electron chi connectivity index (χ1n) is 6.54. The average molecular weight is 237 g/mol. The van der Waals surface area contributed by atoms with Crippen LogP contribution in [0.5, 0.6) is 0 Å². The van der Waals surface area contributed by atoms with Crippen molar-refractivity contribution in [3.8, 4) is 0 Å². The molecule has 3 saturated carbocycles. The van der Waals surface area contributed by atoms with Gasteiger partial charge in [-0.2, -0.15) is 0 Å². The lowest BCUT2D eigenvalue weighted by Gasteiger charge is -2.60. The normalized spacial score (nSPS) is 41.7. The van der Waals surface area contributed by atoms with Gasteiger partial charge in [0.2, 0.25) is 5.91 Å². The zero-order valence-electron chi connectivity index (χ0n) is 10.7. The molecule has 4 nitrogen and oxygen atoms in total. The molecule has 4 atom stereocenters. The lowest BCUT2D eigenvalue weighted by Crippen LogP contribution is -2.59. The topological polar surface area (TPSA) is 47.6 Å². The van der Waals surface area contributed by atoms with Gasteiger partial charge in [0.1, 0.15) is 0 Å². The monoisotopic (exact) mass is 237 g/mol. The molecule has 17 heavy (non-hydrogen) atoms. The number of carbonyl (C=O) groups excluding carboxylic acids is 1. The van der Waals surface area contributed by atoms with Crippen LogP contribution in [0.25, 0.3) is 0 Å². The van der Waals surface area contributed by atoms with Gasteiger partial charge < -0.3 is 14.6 Å². The fraction of sp³-hybridized carbons (Fsp3) is 0.917. The van der Waals surface area contributed by atoms with E-state index >= 15 is 0 Å². The molecule has 0 spiro atoms. The molecule has 4 rings (SSSR count). The number of nitrogens with one attached hydrogen (secondary N) is 1. The molecule has 0 aromatic carbocycles. The van der Waals surface area contributed by atoms with E-state index in [0.29, 0.717) is 17.8 Å². The molecule has 1 N–H and O–H groups in total. The number of rotatable bonds is 2. The van der Waals surface area contributed by atoms with E-state index in [1.807, 2.05) is 0 Å². The third kappa shape index (κ3) is 1.71. The summed E-state index contributed by atoms with van der Waals surface area (Å²) >= 11 is 0. The molecule has 0 aromatic heterocycles. The van der Waals surface area contributed by atoms with E-state index in [0.717, 1.165) is 12.3 Å². The zero-order valence-corrected chi connectivity index (χ0v) is 10.7. The van der Waals surface area contributed by atoms with Crippen molar-refractivity contribution in [1.82, 2.24) is 5.32 Å². The predicted molar refractivity (Wildman–Crippen MR) is 64.2 cm³/mol. The van der Waals surface area contributed by atoms with E-state index in [4.69, 9.17) is 9.31 Å². The second-order valence-corrected chi connectivity index (χ2v) is 6.24. The Morgan fingerprint density at radius 1 is 1.41 bits per heavy atom. The van der Waals surface area contributed by atoms with Crippen LogP contribution in [0.4, 0.5) is 0 Å². The van der Waals surface area contributed by atoms with E-state index in [1.54, 1.807) is 0 Å². The molecular formula is C12H20BNO3. The summed E-state index contributed by atoms with van der Waals surface area (Å²) in [5.41, 5.74) is 0.410. The van der Waals surface area contributed by atoms with Crippen molar-refractivity contribution in [2.75, 3.05) is 6.44 Å². The summed E-state index contributed by atoms with van der Waals surface area (Å²) in [6, 6.07) is 0. The van der Waals surface area contributed by atoms with Crippen LogP contribution in [0.2, 0.25) is 0 Å². The Hall–Kier alpha value is -0.545. The molecule has 94 valence electrons. The Kier molecular flexibility index (Phi) is 2.53. The molecule has 1 amide bonds. The molecule has 3 aliphatic carbocycles. The highest BCUT2D eigenvalue weighted by molar-refractivity contribution is 6.45. The second kappa shape index (κ2) is 3.72. The van der Waals surface area contributed by atoms with Gasteiger partial charge in [0.15, 0.2) is 0 Å². The van der Waals surface area contributed by atoms with Crippen LogP contribution in [0.3, 0.4) is 0 Å². The van der Waals surface area contributed by atoms with Gasteiger partial charge in [0, 0.05) is 6.92 Å². The molecule has 1 saturated heterocycles. The fourth-order valence-electron chi connectivity index (χ4n) is 3.73. The predicted octanol–water partition coefficient (Wildman–Crippen LogP) is 1.000. The highest BCUT2D eigenvalue weighted by atomic mass is 16.7. The first kappa shape index (κ1) is 11.5. The average Bonchev–Trinajstić information content (AvgIpc) is 2.68. The fourth-order valence-corrected chi connectivity index (χ4v) is 3.73. The summed E-state index contributed by atoms with van der Waals surface area (Å²) in [5, 5.41) is 2.76. The lowest BCUT2D eigenvalue weighted by molar-refractivity contribution is -0.150. The largest absolute Gasteiger partial charge is 0.478 e. The Morgan fingerprint density at radius 2 is 2.18 bits per heavy atom. The summed E-state index contributed by atoms with van der Waals surface area (Å²) in [7, 11) is -0.246. The maximum Gasteiger partial charge on any atom is 0.478 e. The number of hydrogen-bond acceptors (Lipinski definition) is 3. The van der Waals surface area contributed by atoms with Crippen LogP contribution in [-0.2, 0) is 14.1 Å². The Labute approximate surface area is 103 Å². The van der Waals surface area contributed by atoms with Crippen LogP contribution >= 0.6 is 0 Å². The standard InChI is InChI=1S/C12H20BNO3/c1-7(15)14-6-13-16-10-5-8-4-9(11(10)17-13)12(8,2)3/h8-11H,4-6H2,1-3H3,(H,14,15)/t8-,9+,10+,11?/m0/s1. The molecule has 1 unspecified atom stereocenters. The van der Waals surface area contributed by atoms with E-state index in [1.165, 1.54) is 13.3 Å². The van der Waals surface area contributed by atoms with E-state index in [9.17, 15) is 4.79 Å². The van der Waals surface area contributed by atoms with Gasteiger partial charge in [-0.05, 0) is 30.1 Å². The molecule has 1 aliphatic heterocycles. The van der Waals surface area contributed by atoms with Crippen LogP contribution in [0.1, 0.15) is 33.6 Å². The minimum atomic E-state index is -0.246. The first-order valence-corrected chi connectivity index (χ1v) is 6.54. The Bertz CT molecular complexity index is 347. The van der Waals surface area contributed by atoms with Gasteiger partial charge in [0.05, 0.1) is 18.7 Å². The summed E-state index contributed by atoms with van der Waals surface area (Å²) in [5.74, 6) is 1.39. The van der Waals surface area contributed by atoms with Crippen molar-refractivity contribution >= 4 is 13.0 Å². The summed E-state index contributed by atoms with van der Waals surface area (Å²) < 4.78 is 11.8. The van der Waals surface area contributed by atoms with Crippen LogP contribution in [-0.4, -0.2) is 31.7 Å². The quantitative estimate of drug-likeness (QED) is 0.729. The van der Waals surface area contributed by atoms with E-state index < -0.39 is 0 Å². The van der Waals surface area contributed by atoms with E-state index in [2.05, 4.69) is 19.2 Å². The molecule has 1 heterocycles. The van der Waals surface area contributed by atoms with Gasteiger partial charge in [-0.15, -0.1) is 0 Å². The van der Waals surface area contributed by atoms with Crippen molar-refractivity contribution in [1.29, 1.82) is 0 Å². The number of hydrogen-bond donors (Lipinski definition) is 1. The maximum atomic E-state index is 10.9. The van der Waals surface area contributed by atoms with Gasteiger partial charge in [-0.1, -0.05) is 13.8 Å². The van der Waals surface area contributed by atoms with Crippen molar-refractivity contribution < 1.29 is 14.1 Å². The van der Waals surface area contributed by atoms with Gasteiger partial charge in [-0.3, -0.25) is 4.79 Å². The van der Waals surface area contributed by atoms with Gasteiger partial charge in [0.25, 0.3) is 0 Å². The molecule has 0 radical (unpaired) electrons. The highest BCUT2D eigenvalue weighted by Gasteiger charge is 2.61. The van der Waals surface area contributed by atoms with E-state index in [-0.39, 0.29) is 25.2 Å². The molecular weight excluding hydrogens is 217 g/mol. The third-order valence-corrected chi connectivity index (χ3v) is 4.98. The molecule has 5 heteroatoms. The summed E-state index contributed by atoms with van der Waals surface area (Å²) in [4.78, 5) is 10.9. The van der Waals surface area contributed by atoms with Crippen LogP contribution < -0.4 is 5.32 Å². The van der Waals surface area contributed by atoms with Crippen molar-refractivity contribution in [2.24, 2.45) is 17.3 Å². The van der Waals surface area contributed by atoms with Crippen LogP contribution in [0, 0.1) is 17.3 Å². The van der Waals surface area contributed by atoms with Crippen molar-refractivity contribution in [3.05, 3.63) is 0 Å². The first-order chi connectivity index (χ1) is 7.98. The van der Waals surface area contributed by atoms with Crippen molar-refractivity contribution in [3.63, 3.8) is 0 Å². The molecule has 0 aromatic rings. The molecule has 4 fully saturated rings. The maximum absolute atomic E-state index is 10.9. The minimum absolute atomic E-state index is 0.0308. The number of amides is 1.